The number of halogens is 1. The molecule has 3 N–H and O–H groups in total. The summed E-state index contributed by atoms with van der Waals surface area (Å²) in [4.78, 5) is 14.9. The first kappa shape index (κ1) is 17.8. The number of benzene rings is 2. The number of nitrogens with zero attached hydrogens (tertiary/aromatic N) is 1. The zero-order valence-corrected chi connectivity index (χ0v) is 16.3. The zero-order valence-electron chi connectivity index (χ0n) is 14.7. The van der Waals surface area contributed by atoms with Gasteiger partial charge in [0.05, 0.1) is 11.4 Å². The van der Waals surface area contributed by atoms with Gasteiger partial charge in [0.1, 0.15) is 0 Å². The summed E-state index contributed by atoms with van der Waals surface area (Å²) in [6.07, 6.45) is 2.48. The summed E-state index contributed by atoms with van der Waals surface area (Å²) >= 11 is 3.38. The quantitative estimate of drug-likeness (QED) is 0.724. The van der Waals surface area contributed by atoms with Gasteiger partial charge < -0.3 is 16.0 Å². The summed E-state index contributed by atoms with van der Waals surface area (Å²) in [5, 5.41) is 2.96. The number of carbonyl (C=O) groups excluding carboxylic acids is 1. The Morgan fingerprint density at radius 1 is 1.28 bits per heavy atom. The Balaban J connectivity index is 1.84. The lowest BCUT2D eigenvalue weighted by atomic mass is 9.98. The molecule has 0 saturated carbocycles. The third-order valence-electron chi connectivity index (χ3n) is 4.72. The van der Waals surface area contributed by atoms with E-state index in [1.54, 1.807) is 12.1 Å². The average molecular weight is 402 g/mol. The smallest absolute Gasteiger partial charge is 0.255 e. The molecular formula is C20H24BrN3O. The molecule has 1 unspecified atom stereocenters. The Morgan fingerprint density at radius 2 is 2.00 bits per heavy atom. The number of rotatable bonds is 3. The van der Waals surface area contributed by atoms with Gasteiger partial charge in [0, 0.05) is 28.8 Å². The van der Waals surface area contributed by atoms with E-state index in [2.05, 4.69) is 40.0 Å². The molecule has 2 aromatic carbocycles. The van der Waals surface area contributed by atoms with Gasteiger partial charge in [-0.3, -0.25) is 4.79 Å². The van der Waals surface area contributed by atoms with Crippen LogP contribution in [-0.2, 0) is 0 Å². The number of anilines is 3. The van der Waals surface area contributed by atoms with E-state index in [1.807, 2.05) is 24.3 Å². The van der Waals surface area contributed by atoms with Crippen LogP contribution < -0.4 is 16.0 Å². The summed E-state index contributed by atoms with van der Waals surface area (Å²) in [7, 11) is 0. The highest BCUT2D eigenvalue weighted by Crippen LogP contribution is 2.32. The number of hydrogen-bond acceptors (Lipinski definition) is 3. The van der Waals surface area contributed by atoms with Gasteiger partial charge in [0.15, 0.2) is 0 Å². The third kappa shape index (κ3) is 4.15. The molecule has 0 aromatic heterocycles. The molecule has 0 aliphatic carbocycles. The van der Waals surface area contributed by atoms with Crippen LogP contribution in [0.15, 0.2) is 40.9 Å². The monoisotopic (exact) mass is 401 g/mol. The molecule has 1 atom stereocenters. The highest BCUT2D eigenvalue weighted by atomic mass is 79.9. The van der Waals surface area contributed by atoms with Gasteiger partial charge >= 0.3 is 0 Å². The predicted octanol–water partition coefficient (Wildman–Crippen LogP) is 4.83. The lowest BCUT2D eigenvalue weighted by molar-refractivity contribution is 0.102. The largest absolute Gasteiger partial charge is 0.397 e. The van der Waals surface area contributed by atoms with Crippen molar-refractivity contribution in [2.24, 2.45) is 5.92 Å². The first-order chi connectivity index (χ1) is 11.9. The Kier molecular flexibility index (Phi) is 5.33. The van der Waals surface area contributed by atoms with Crippen molar-refractivity contribution < 1.29 is 4.79 Å². The molecule has 1 saturated heterocycles. The first-order valence-corrected chi connectivity index (χ1v) is 9.45. The number of amides is 1. The van der Waals surface area contributed by atoms with Crippen molar-refractivity contribution in [1.29, 1.82) is 0 Å². The Bertz CT molecular complexity index is 773. The molecule has 1 aliphatic heterocycles. The number of nitrogens with one attached hydrogen (secondary N) is 1. The van der Waals surface area contributed by atoms with Crippen LogP contribution in [0, 0.1) is 12.8 Å². The van der Waals surface area contributed by atoms with Gasteiger partial charge in [0.2, 0.25) is 0 Å². The molecule has 1 aliphatic rings. The van der Waals surface area contributed by atoms with Crippen molar-refractivity contribution in [2.45, 2.75) is 26.7 Å². The molecule has 1 amide bonds. The van der Waals surface area contributed by atoms with Gasteiger partial charge in [-0.1, -0.05) is 22.9 Å². The second-order valence-corrected chi connectivity index (χ2v) is 7.80. The topological polar surface area (TPSA) is 58.4 Å². The molecule has 0 bridgehead atoms. The van der Waals surface area contributed by atoms with Crippen molar-refractivity contribution in [3.8, 4) is 0 Å². The summed E-state index contributed by atoms with van der Waals surface area (Å²) < 4.78 is 0.945. The molecule has 0 spiro atoms. The van der Waals surface area contributed by atoms with Gasteiger partial charge in [-0.25, -0.2) is 0 Å². The fourth-order valence-corrected chi connectivity index (χ4v) is 3.64. The van der Waals surface area contributed by atoms with Gasteiger partial charge in [-0.15, -0.1) is 0 Å². The average Bonchev–Trinajstić information content (AvgIpc) is 2.57. The minimum Gasteiger partial charge on any atom is -0.397 e. The Morgan fingerprint density at radius 3 is 2.68 bits per heavy atom. The summed E-state index contributed by atoms with van der Waals surface area (Å²) in [6.45, 7) is 6.46. The fraction of sp³-hybridized carbons (Fsp3) is 0.350. The highest BCUT2D eigenvalue weighted by molar-refractivity contribution is 9.10. The number of nitrogen functional groups attached to an aromatic ring is 1. The minimum atomic E-state index is -0.152. The molecule has 5 heteroatoms. The van der Waals surface area contributed by atoms with E-state index in [1.165, 1.54) is 12.8 Å². The van der Waals surface area contributed by atoms with Crippen LogP contribution in [0.2, 0.25) is 0 Å². The van der Waals surface area contributed by atoms with Crippen LogP contribution in [0.25, 0.3) is 0 Å². The van der Waals surface area contributed by atoms with Crippen LogP contribution in [0.5, 0.6) is 0 Å². The number of aryl methyl sites for hydroxylation is 1. The van der Waals surface area contributed by atoms with E-state index in [0.717, 1.165) is 28.8 Å². The molecular weight excluding hydrogens is 378 g/mol. The Labute approximate surface area is 157 Å². The predicted molar refractivity (Wildman–Crippen MR) is 108 cm³/mol. The maximum atomic E-state index is 12.5. The normalized spacial score (nSPS) is 17.4. The molecule has 4 nitrogen and oxygen atoms in total. The van der Waals surface area contributed by atoms with Crippen molar-refractivity contribution in [3.63, 3.8) is 0 Å². The minimum absolute atomic E-state index is 0.152. The molecule has 1 fully saturated rings. The van der Waals surface area contributed by atoms with Crippen LogP contribution in [-0.4, -0.2) is 19.0 Å². The number of piperidine rings is 1. The van der Waals surface area contributed by atoms with Gasteiger partial charge in [-0.05, 0) is 67.6 Å². The number of carbonyl (C=O) groups is 1. The van der Waals surface area contributed by atoms with E-state index >= 15 is 0 Å². The third-order valence-corrected chi connectivity index (χ3v) is 5.25. The van der Waals surface area contributed by atoms with Crippen LogP contribution in [0.3, 0.4) is 0 Å². The second-order valence-electron chi connectivity index (χ2n) is 6.88. The van der Waals surface area contributed by atoms with Crippen molar-refractivity contribution in [1.82, 2.24) is 0 Å². The SMILES string of the molecule is Cc1cc(N)c(NC(=O)c2ccc(Br)cc2)cc1N1CCCC(C)C1. The second kappa shape index (κ2) is 7.48. The standard InChI is InChI=1S/C20H24BrN3O/c1-13-4-3-9-24(12-13)19-11-18(17(22)10-14(19)2)23-20(25)15-5-7-16(21)8-6-15/h5-8,10-11,13H,3-4,9,12,22H2,1-2H3,(H,23,25). The van der Waals surface area contributed by atoms with Gasteiger partial charge in [0.25, 0.3) is 5.91 Å². The number of hydrogen-bond donors (Lipinski definition) is 2. The molecule has 1 heterocycles. The van der Waals surface area contributed by atoms with Crippen molar-refractivity contribution in [3.05, 3.63) is 52.0 Å². The maximum Gasteiger partial charge on any atom is 0.255 e. The van der Waals surface area contributed by atoms with Crippen LogP contribution in [0.4, 0.5) is 17.1 Å². The molecule has 3 rings (SSSR count). The summed E-state index contributed by atoms with van der Waals surface area (Å²) in [6, 6.07) is 11.3. The molecule has 132 valence electrons. The Hall–Kier alpha value is -2.01. The maximum absolute atomic E-state index is 12.5. The molecule has 0 radical (unpaired) electrons. The molecule has 25 heavy (non-hydrogen) atoms. The van der Waals surface area contributed by atoms with E-state index in [0.29, 0.717) is 22.9 Å². The van der Waals surface area contributed by atoms with E-state index in [4.69, 9.17) is 5.73 Å². The van der Waals surface area contributed by atoms with Crippen LogP contribution >= 0.6 is 15.9 Å². The lowest BCUT2D eigenvalue weighted by Gasteiger charge is -2.34. The zero-order chi connectivity index (χ0) is 18.0. The number of nitrogens with two attached hydrogens (primary N) is 1. The van der Waals surface area contributed by atoms with Crippen molar-refractivity contribution in [2.75, 3.05) is 29.0 Å². The van der Waals surface area contributed by atoms with Crippen LogP contribution in [0.1, 0.15) is 35.7 Å². The van der Waals surface area contributed by atoms with Crippen molar-refractivity contribution >= 4 is 38.9 Å². The van der Waals surface area contributed by atoms with E-state index in [-0.39, 0.29) is 5.91 Å². The fourth-order valence-electron chi connectivity index (χ4n) is 3.37. The van der Waals surface area contributed by atoms with E-state index in [9.17, 15) is 4.79 Å². The summed E-state index contributed by atoms with van der Waals surface area (Å²) in [5.74, 6) is 0.535. The van der Waals surface area contributed by atoms with E-state index < -0.39 is 0 Å². The van der Waals surface area contributed by atoms with Gasteiger partial charge in [-0.2, -0.15) is 0 Å². The molecule has 2 aromatic rings. The lowest BCUT2D eigenvalue weighted by Crippen LogP contribution is -2.34. The summed E-state index contributed by atoms with van der Waals surface area (Å²) in [5.41, 5.74) is 10.3. The first-order valence-electron chi connectivity index (χ1n) is 8.66. The highest BCUT2D eigenvalue weighted by Gasteiger charge is 2.19.